The summed E-state index contributed by atoms with van der Waals surface area (Å²) in [6.45, 7) is 6.96. The Hall–Kier alpha value is -0.0831. The van der Waals surface area contributed by atoms with Crippen LogP contribution >= 0.6 is 11.6 Å². The highest BCUT2D eigenvalue weighted by Gasteiger charge is 2.55. The molecule has 2 aliphatic carbocycles. The van der Waals surface area contributed by atoms with Gasteiger partial charge in [0.15, 0.2) is 5.78 Å². The zero-order valence-corrected chi connectivity index (χ0v) is 10.0. The molecule has 0 aromatic heterocycles. The maximum atomic E-state index is 11.6. The molecule has 4 atom stereocenters. The predicted molar refractivity (Wildman–Crippen MR) is 57.9 cm³/mol. The quantitative estimate of drug-likeness (QED) is 0.373. The average Bonchev–Trinajstić information content (AvgIpc) is 2.42. The van der Waals surface area contributed by atoms with Gasteiger partial charge >= 0.3 is 0 Å². The van der Waals surface area contributed by atoms with Crippen molar-refractivity contribution in [3.05, 3.63) is 12.2 Å². The van der Waals surface area contributed by atoms with E-state index >= 15 is 0 Å². The van der Waals surface area contributed by atoms with E-state index in [9.17, 15) is 4.79 Å². The molecule has 13 heavy (non-hydrogen) atoms. The van der Waals surface area contributed by atoms with Crippen molar-refractivity contribution < 1.29 is 4.79 Å². The molecule has 0 saturated heterocycles. The summed E-state index contributed by atoms with van der Waals surface area (Å²) >= 11 is 5.93. The second-order valence-corrected chi connectivity index (χ2v) is 11.1. The van der Waals surface area contributed by atoms with Crippen LogP contribution < -0.4 is 0 Å². The van der Waals surface area contributed by atoms with Crippen molar-refractivity contribution in [3.63, 3.8) is 0 Å². The van der Waals surface area contributed by atoms with E-state index in [0.29, 0.717) is 11.5 Å². The molecule has 2 aliphatic rings. The Balaban J connectivity index is 2.20. The van der Waals surface area contributed by atoms with E-state index in [-0.39, 0.29) is 17.1 Å². The molecular weight excluding hydrogens is 200 g/mol. The van der Waals surface area contributed by atoms with Crippen LogP contribution in [0.1, 0.15) is 0 Å². The lowest BCUT2D eigenvalue weighted by Crippen LogP contribution is -2.51. The number of halogens is 1. The normalized spacial score (nSPS) is 43.2. The van der Waals surface area contributed by atoms with E-state index < -0.39 is 8.07 Å². The number of Topliss-reactive ketones (excluding diaryl/α,β-unsaturated/α-hetero) is 1. The molecule has 3 heteroatoms. The summed E-state index contributed by atoms with van der Waals surface area (Å²) in [6, 6.07) is 0. The minimum atomic E-state index is -1.22. The third kappa shape index (κ3) is 1.23. The van der Waals surface area contributed by atoms with Crippen molar-refractivity contribution in [2.75, 3.05) is 0 Å². The first-order valence-corrected chi connectivity index (χ1v) is 8.80. The van der Waals surface area contributed by atoms with E-state index in [1.807, 2.05) is 0 Å². The second-order valence-electron chi connectivity index (χ2n) is 5.18. The summed E-state index contributed by atoms with van der Waals surface area (Å²) in [7, 11) is -1.22. The molecule has 72 valence electrons. The molecular formula is C10H15ClOSi. The Morgan fingerprint density at radius 3 is 2.46 bits per heavy atom. The summed E-state index contributed by atoms with van der Waals surface area (Å²) in [5, 5.41) is -0.220. The predicted octanol–water partition coefficient (Wildman–Crippen LogP) is 2.69. The van der Waals surface area contributed by atoms with Crippen molar-refractivity contribution in [1.82, 2.24) is 0 Å². The van der Waals surface area contributed by atoms with Crippen LogP contribution in [0.2, 0.25) is 25.2 Å². The number of alkyl halides is 1. The lowest BCUT2D eigenvalue weighted by atomic mass is 9.74. The standard InChI is InChI=1S/C10H15ClOSi/c1-13(2,3)7-5-4-6-8(7)10(12)9(6)11/h4-9H,1-3H3. The zero-order chi connectivity index (χ0) is 9.80. The molecule has 1 nitrogen and oxygen atoms in total. The highest BCUT2D eigenvalue weighted by molar-refractivity contribution is 6.78. The van der Waals surface area contributed by atoms with Crippen LogP contribution in [-0.4, -0.2) is 19.2 Å². The monoisotopic (exact) mass is 214 g/mol. The number of carbonyl (C=O) groups excluding carboxylic acids is 1. The Bertz CT molecular complexity index is 279. The molecule has 0 bridgehead atoms. The van der Waals surface area contributed by atoms with Crippen molar-refractivity contribution in [1.29, 1.82) is 0 Å². The minimum Gasteiger partial charge on any atom is -0.298 e. The molecule has 0 heterocycles. The highest BCUT2D eigenvalue weighted by Crippen LogP contribution is 2.52. The smallest absolute Gasteiger partial charge is 0.155 e. The lowest BCUT2D eigenvalue weighted by molar-refractivity contribution is -0.130. The molecule has 4 unspecified atom stereocenters. The molecule has 0 aromatic carbocycles. The molecule has 1 fully saturated rings. The van der Waals surface area contributed by atoms with Crippen molar-refractivity contribution >= 4 is 25.5 Å². The van der Waals surface area contributed by atoms with Gasteiger partial charge in [0, 0.05) is 11.8 Å². The molecule has 0 N–H and O–H groups in total. The third-order valence-electron chi connectivity index (χ3n) is 3.28. The maximum absolute atomic E-state index is 11.6. The molecule has 0 radical (unpaired) electrons. The fraction of sp³-hybridized carbons (Fsp3) is 0.700. The number of fused-ring (bicyclic) bond motifs is 1. The summed E-state index contributed by atoms with van der Waals surface area (Å²) in [5.74, 6) is 0.879. The Kier molecular flexibility index (Phi) is 1.97. The summed E-state index contributed by atoms with van der Waals surface area (Å²) in [6.07, 6.45) is 4.40. The largest absolute Gasteiger partial charge is 0.298 e. The Morgan fingerprint density at radius 1 is 1.31 bits per heavy atom. The molecule has 0 spiro atoms. The van der Waals surface area contributed by atoms with Gasteiger partial charge in [0.25, 0.3) is 0 Å². The van der Waals surface area contributed by atoms with Gasteiger partial charge in [-0.05, 0) is 5.54 Å². The first kappa shape index (κ1) is 9.47. The summed E-state index contributed by atoms with van der Waals surface area (Å²) in [4.78, 5) is 11.6. The van der Waals surface area contributed by atoms with Crippen LogP contribution in [-0.2, 0) is 4.79 Å². The molecule has 2 rings (SSSR count). The van der Waals surface area contributed by atoms with Gasteiger partial charge in [-0.1, -0.05) is 31.8 Å². The number of carbonyl (C=O) groups is 1. The molecule has 0 aromatic rings. The molecule has 1 saturated carbocycles. The van der Waals surface area contributed by atoms with E-state index in [4.69, 9.17) is 11.6 Å². The first-order chi connectivity index (χ1) is 5.93. The highest BCUT2D eigenvalue weighted by atomic mass is 35.5. The van der Waals surface area contributed by atoms with E-state index in [1.165, 1.54) is 0 Å². The fourth-order valence-corrected chi connectivity index (χ4v) is 4.99. The van der Waals surface area contributed by atoms with Crippen LogP contribution in [0.4, 0.5) is 0 Å². The summed E-state index contributed by atoms with van der Waals surface area (Å²) < 4.78 is 0. The lowest BCUT2D eigenvalue weighted by Gasteiger charge is -2.41. The average molecular weight is 215 g/mol. The van der Waals surface area contributed by atoms with Gasteiger partial charge in [-0.25, -0.2) is 0 Å². The first-order valence-electron chi connectivity index (χ1n) is 4.79. The Morgan fingerprint density at radius 2 is 1.92 bits per heavy atom. The van der Waals surface area contributed by atoms with Gasteiger partial charge in [-0.2, -0.15) is 0 Å². The van der Waals surface area contributed by atoms with Gasteiger partial charge in [0.2, 0.25) is 0 Å². The van der Waals surface area contributed by atoms with E-state index in [2.05, 4.69) is 31.8 Å². The second kappa shape index (κ2) is 2.70. The zero-order valence-electron chi connectivity index (χ0n) is 8.25. The Labute approximate surface area is 85.2 Å². The van der Waals surface area contributed by atoms with Gasteiger partial charge in [0.1, 0.15) is 0 Å². The van der Waals surface area contributed by atoms with Crippen LogP contribution in [0.15, 0.2) is 12.2 Å². The van der Waals surface area contributed by atoms with E-state index in [0.717, 1.165) is 0 Å². The van der Waals surface area contributed by atoms with Crippen LogP contribution in [0, 0.1) is 11.8 Å². The number of hydrogen-bond donors (Lipinski definition) is 0. The van der Waals surface area contributed by atoms with Crippen LogP contribution in [0.3, 0.4) is 0 Å². The van der Waals surface area contributed by atoms with Gasteiger partial charge < -0.3 is 0 Å². The SMILES string of the molecule is C[Si](C)(C)C1C=CC2C(Cl)C(=O)C21. The molecule has 0 amide bonds. The van der Waals surface area contributed by atoms with Crippen LogP contribution in [0.5, 0.6) is 0 Å². The van der Waals surface area contributed by atoms with Crippen molar-refractivity contribution in [2.24, 2.45) is 11.8 Å². The van der Waals surface area contributed by atoms with Gasteiger partial charge in [-0.3, -0.25) is 4.79 Å². The number of allylic oxidation sites excluding steroid dienone is 2. The number of rotatable bonds is 1. The third-order valence-corrected chi connectivity index (χ3v) is 6.34. The van der Waals surface area contributed by atoms with Gasteiger partial charge in [0.05, 0.1) is 13.5 Å². The van der Waals surface area contributed by atoms with Gasteiger partial charge in [-0.15, -0.1) is 11.6 Å². The maximum Gasteiger partial charge on any atom is 0.155 e. The van der Waals surface area contributed by atoms with Crippen LogP contribution in [0.25, 0.3) is 0 Å². The fourth-order valence-electron chi connectivity index (χ4n) is 2.46. The number of ketones is 1. The number of hydrogen-bond acceptors (Lipinski definition) is 1. The van der Waals surface area contributed by atoms with E-state index in [1.54, 1.807) is 0 Å². The minimum absolute atomic E-state index is 0.220. The molecule has 0 aliphatic heterocycles. The topological polar surface area (TPSA) is 17.1 Å². The van der Waals surface area contributed by atoms with Crippen molar-refractivity contribution in [3.8, 4) is 0 Å². The summed E-state index contributed by atoms with van der Waals surface area (Å²) in [5.41, 5.74) is 0.528. The van der Waals surface area contributed by atoms with Crippen molar-refractivity contribution in [2.45, 2.75) is 30.6 Å².